The number of nitrogens with zero attached hydrogens (tertiary/aromatic N) is 1. The summed E-state index contributed by atoms with van der Waals surface area (Å²) in [6.07, 6.45) is 0.878. The van der Waals surface area contributed by atoms with Crippen molar-refractivity contribution in [3.8, 4) is 5.75 Å². The van der Waals surface area contributed by atoms with Crippen molar-refractivity contribution >= 4 is 5.97 Å². The average molecular weight is 280 g/mol. The minimum Gasteiger partial charge on any atom is -0.492 e. The molecule has 0 atom stereocenters. The van der Waals surface area contributed by atoms with Crippen LogP contribution in [0.3, 0.4) is 0 Å². The van der Waals surface area contributed by atoms with E-state index in [9.17, 15) is 4.79 Å². The zero-order chi connectivity index (χ0) is 14.8. The molecule has 1 aromatic carbocycles. The number of carbonyl (C=O) groups excluding carboxylic acids is 1. The summed E-state index contributed by atoms with van der Waals surface area (Å²) in [5.74, 6) is 0.622. The number of nitrogens with two attached hydrogens (primary N) is 1. The molecule has 0 fully saturated rings. The zero-order valence-electron chi connectivity index (χ0n) is 12.3. The van der Waals surface area contributed by atoms with Crippen LogP contribution in [-0.2, 0) is 16.0 Å². The van der Waals surface area contributed by atoms with Crippen molar-refractivity contribution in [2.45, 2.75) is 13.3 Å². The summed E-state index contributed by atoms with van der Waals surface area (Å²) in [5, 5.41) is 0. The summed E-state index contributed by atoms with van der Waals surface area (Å²) in [6, 6.07) is 7.92. The Hall–Kier alpha value is -1.59. The number of likely N-dealkylation sites (N-methyl/N-ethyl adjacent to an activating group) is 1. The third kappa shape index (κ3) is 6.54. The summed E-state index contributed by atoms with van der Waals surface area (Å²) < 4.78 is 10.5. The quantitative estimate of drug-likeness (QED) is 0.685. The number of hydrogen-bond acceptors (Lipinski definition) is 5. The van der Waals surface area contributed by atoms with Crippen LogP contribution in [0.15, 0.2) is 24.3 Å². The van der Waals surface area contributed by atoms with Gasteiger partial charge in [-0.25, -0.2) is 0 Å². The number of hydrogen-bond donors (Lipinski definition) is 1. The molecule has 1 aromatic rings. The monoisotopic (exact) mass is 280 g/mol. The molecule has 1 rings (SSSR count). The largest absolute Gasteiger partial charge is 0.492 e. The number of carbonyl (C=O) groups is 1. The van der Waals surface area contributed by atoms with Crippen molar-refractivity contribution < 1.29 is 14.3 Å². The molecule has 0 unspecified atom stereocenters. The first-order chi connectivity index (χ1) is 9.65. The first-order valence-electron chi connectivity index (χ1n) is 6.91. The van der Waals surface area contributed by atoms with Gasteiger partial charge in [-0.2, -0.15) is 0 Å². The predicted molar refractivity (Wildman–Crippen MR) is 78.8 cm³/mol. The normalized spacial score (nSPS) is 10.6. The van der Waals surface area contributed by atoms with Crippen LogP contribution in [0.1, 0.15) is 12.5 Å². The van der Waals surface area contributed by atoms with Gasteiger partial charge in [0.1, 0.15) is 12.4 Å². The van der Waals surface area contributed by atoms with Gasteiger partial charge in [0.2, 0.25) is 0 Å². The average Bonchev–Trinajstić information content (AvgIpc) is 2.41. The molecule has 0 aliphatic heterocycles. The molecular weight excluding hydrogens is 256 g/mol. The number of ether oxygens (including phenoxy) is 2. The molecule has 0 amide bonds. The number of rotatable bonds is 9. The van der Waals surface area contributed by atoms with Crippen LogP contribution in [0, 0.1) is 0 Å². The van der Waals surface area contributed by atoms with Gasteiger partial charge in [-0.3, -0.25) is 9.69 Å². The van der Waals surface area contributed by atoms with E-state index in [2.05, 4.69) is 0 Å². The molecule has 5 nitrogen and oxygen atoms in total. The summed E-state index contributed by atoms with van der Waals surface area (Å²) in [5.41, 5.74) is 6.71. The van der Waals surface area contributed by atoms with E-state index in [1.165, 1.54) is 5.56 Å². The molecule has 0 radical (unpaired) electrons. The van der Waals surface area contributed by atoms with E-state index >= 15 is 0 Å². The summed E-state index contributed by atoms with van der Waals surface area (Å²) >= 11 is 0. The van der Waals surface area contributed by atoms with Gasteiger partial charge in [0.25, 0.3) is 0 Å². The van der Waals surface area contributed by atoms with E-state index < -0.39 is 0 Å². The summed E-state index contributed by atoms with van der Waals surface area (Å²) in [7, 11) is 1.87. The fourth-order valence-electron chi connectivity index (χ4n) is 1.74. The first kappa shape index (κ1) is 16.5. The molecule has 2 N–H and O–H groups in total. The van der Waals surface area contributed by atoms with E-state index in [-0.39, 0.29) is 12.5 Å². The van der Waals surface area contributed by atoms with Gasteiger partial charge in [0.15, 0.2) is 0 Å². The lowest BCUT2D eigenvalue weighted by atomic mass is 10.1. The fourth-order valence-corrected chi connectivity index (χ4v) is 1.74. The molecule has 5 heteroatoms. The summed E-state index contributed by atoms with van der Waals surface area (Å²) in [4.78, 5) is 13.1. The maximum Gasteiger partial charge on any atom is 0.320 e. The highest BCUT2D eigenvalue weighted by atomic mass is 16.5. The lowest BCUT2D eigenvalue weighted by molar-refractivity contribution is -0.144. The molecule has 20 heavy (non-hydrogen) atoms. The minimum atomic E-state index is -0.207. The second-order valence-electron chi connectivity index (χ2n) is 4.57. The van der Waals surface area contributed by atoms with Crippen LogP contribution >= 0.6 is 0 Å². The van der Waals surface area contributed by atoms with E-state index in [0.29, 0.717) is 26.3 Å². The van der Waals surface area contributed by atoms with Gasteiger partial charge >= 0.3 is 5.97 Å². The molecule has 0 aliphatic carbocycles. The highest BCUT2D eigenvalue weighted by Gasteiger charge is 2.06. The van der Waals surface area contributed by atoms with E-state index in [4.69, 9.17) is 15.2 Å². The van der Waals surface area contributed by atoms with Gasteiger partial charge in [-0.05, 0) is 44.6 Å². The van der Waals surface area contributed by atoms with Crippen molar-refractivity contribution in [2.24, 2.45) is 5.73 Å². The Morgan fingerprint density at radius 3 is 2.60 bits per heavy atom. The van der Waals surface area contributed by atoms with Crippen molar-refractivity contribution in [1.82, 2.24) is 4.90 Å². The second kappa shape index (κ2) is 9.34. The maximum absolute atomic E-state index is 11.3. The topological polar surface area (TPSA) is 64.8 Å². The van der Waals surface area contributed by atoms with Crippen molar-refractivity contribution in [3.05, 3.63) is 29.8 Å². The Bertz CT molecular complexity index is 393. The Morgan fingerprint density at radius 2 is 2.00 bits per heavy atom. The van der Waals surface area contributed by atoms with Crippen molar-refractivity contribution in [3.63, 3.8) is 0 Å². The van der Waals surface area contributed by atoms with Crippen molar-refractivity contribution in [2.75, 3.05) is 39.9 Å². The zero-order valence-corrected chi connectivity index (χ0v) is 12.3. The molecule has 0 saturated carbocycles. The molecule has 112 valence electrons. The van der Waals surface area contributed by atoms with Crippen LogP contribution in [0.4, 0.5) is 0 Å². The molecule has 0 heterocycles. The molecular formula is C15H24N2O3. The van der Waals surface area contributed by atoms with Crippen LogP contribution in [-0.4, -0.2) is 50.8 Å². The van der Waals surface area contributed by atoms with Crippen LogP contribution in [0.5, 0.6) is 5.75 Å². The third-order valence-electron chi connectivity index (χ3n) is 2.80. The second-order valence-corrected chi connectivity index (χ2v) is 4.57. The maximum atomic E-state index is 11.3. The molecule has 0 spiro atoms. The Balaban J connectivity index is 2.24. The van der Waals surface area contributed by atoms with Gasteiger partial charge in [-0.15, -0.1) is 0 Å². The fraction of sp³-hybridized carbons (Fsp3) is 0.533. The van der Waals surface area contributed by atoms with Crippen LogP contribution in [0.25, 0.3) is 0 Å². The van der Waals surface area contributed by atoms with Crippen LogP contribution < -0.4 is 10.5 Å². The first-order valence-corrected chi connectivity index (χ1v) is 6.91. The smallest absolute Gasteiger partial charge is 0.320 e. The van der Waals surface area contributed by atoms with Gasteiger partial charge < -0.3 is 15.2 Å². The standard InChI is InChI=1S/C15H24N2O3/c1-3-19-15(18)12-17(2)10-11-20-14-6-4-13(5-7-14)8-9-16/h4-7H,3,8-12,16H2,1-2H3. The number of benzene rings is 1. The molecule has 0 aliphatic rings. The van der Waals surface area contributed by atoms with Crippen molar-refractivity contribution in [1.29, 1.82) is 0 Å². The highest BCUT2D eigenvalue weighted by Crippen LogP contribution is 2.12. The van der Waals surface area contributed by atoms with Gasteiger partial charge in [0, 0.05) is 6.54 Å². The predicted octanol–water partition coefficient (Wildman–Crippen LogP) is 1.06. The Labute approximate surface area is 120 Å². The van der Waals surface area contributed by atoms with Gasteiger partial charge in [-0.1, -0.05) is 12.1 Å². The highest BCUT2D eigenvalue weighted by molar-refractivity contribution is 5.71. The van der Waals surface area contributed by atoms with Gasteiger partial charge in [0.05, 0.1) is 13.2 Å². The van der Waals surface area contributed by atoms with Crippen LogP contribution in [0.2, 0.25) is 0 Å². The Kier molecular flexibility index (Phi) is 7.69. The lowest BCUT2D eigenvalue weighted by Gasteiger charge is -2.16. The lowest BCUT2D eigenvalue weighted by Crippen LogP contribution is -2.30. The van der Waals surface area contributed by atoms with E-state index in [0.717, 1.165) is 12.2 Å². The summed E-state index contributed by atoms with van der Waals surface area (Å²) in [6.45, 7) is 4.36. The third-order valence-corrected chi connectivity index (χ3v) is 2.80. The van der Waals surface area contributed by atoms with E-state index in [1.807, 2.05) is 36.2 Å². The number of esters is 1. The SMILES string of the molecule is CCOC(=O)CN(C)CCOc1ccc(CCN)cc1. The minimum absolute atomic E-state index is 0.207. The molecule has 0 aromatic heterocycles. The van der Waals surface area contributed by atoms with E-state index in [1.54, 1.807) is 6.92 Å². The molecule has 0 bridgehead atoms. The molecule has 0 saturated heterocycles. The Morgan fingerprint density at radius 1 is 1.30 bits per heavy atom.